The third kappa shape index (κ3) is 6.85. The molecule has 3 saturated heterocycles. The van der Waals surface area contributed by atoms with Crippen molar-refractivity contribution in [2.45, 2.75) is 84.7 Å². The van der Waals surface area contributed by atoms with Gasteiger partial charge in [-0.3, -0.25) is 29.4 Å². The van der Waals surface area contributed by atoms with Gasteiger partial charge in [0.2, 0.25) is 11.8 Å². The second-order valence-corrected chi connectivity index (χ2v) is 19.1. The van der Waals surface area contributed by atoms with Crippen molar-refractivity contribution in [1.82, 2.24) is 20.0 Å². The summed E-state index contributed by atoms with van der Waals surface area (Å²) < 4.78 is 22.0. The molecular formula is C46H51ClFN7O5. The van der Waals surface area contributed by atoms with Crippen LogP contribution >= 0.6 is 11.6 Å². The quantitative estimate of drug-likeness (QED) is 0.272. The molecule has 0 bridgehead atoms. The van der Waals surface area contributed by atoms with E-state index in [-0.39, 0.29) is 65.6 Å². The minimum Gasteiger partial charge on any atom is -0.489 e. The topological polar surface area (TPSA) is 130 Å². The first-order chi connectivity index (χ1) is 28.6. The molecule has 5 aliphatic heterocycles. The molecule has 60 heavy (non-hydrogen) atoms. The number of fused-ring (bicyclic) bond motifs is 2. The predicted molar refractivity (Wildman–Crippen MR) is 224 cm³/mol. The first kappa shape index (κ1) is 40.2. The van der Waals surface area contributed by atoms with Crippen molar-refractivity contribution in [3.8, 4) is 11.8 Å². The number of imide groups is 1. The van der Waals surface area contributed by atoms with Gasteiger partial charge in [-0.05, 0) is 78.8 Å². The zero-order valence-corrected chi connectivity index (χ0v) is 35.4. The zero-order valence-electron chi connectivity index (χ0n) is 34.6. The van der Waals surface area contributed by atoms with Gasteiger partial charge in [0.1, 0.15) is 29.8 Å². The normalized spacial score (nSPS) is 25.2. The van der Waals surface area contributed by atoms with Crippen LogP contribution in [0.5, 0.6) is 5.75 Å². The van der Waals surface area contributed by atoms with Gasteiger partial charge in [0.15, 0.2) is 0 Å². The highest BCUT2D eigenvalue weighted by molar-refractivity contribution is 6.31. The summed E-state index contributed by atoms with van der Waals surface area (Å²) in [5.74, 6) is -0.386. The number of rotatable bonds is 8. The largest absolute Gasteiger partial charge is 0.489 e. The van der Waals surface area contributed by atoms with Crippen molar-refractivity contribution < 1.29 is 28.3 Å². The molecule has 3 aromatic rings. The molecule has 3 aromatic carbocycles. The molecule has 1 unspecified atom stereocenters. The average molecular weight is 836 g/mol. The number of hydrogen-bond donors (Lipinski definition) is 1. The highest BCUT2D eigenvalue weighted by Gasteiger charge is 2.67. The summed E-state index contributed by atoms with van der Waals surface area (Å²) >= 11 is 6.31. The van der Waals surface area contributed by atoms with E-state index in [0.29, 0.717) is 53.1 Å². The lowest BCUT2D eigenvalue weighted by Gasteiger charge is -2.65. The molecule has 14 heteroatoms. The van der Waals surface area contributed by atoms with E-state index < -0.39 is 17.8 Å². The second-order valence-electron chi connectivity index (χ2n) is 18.6. The van der Waals surface area contributed by atoms with Gasteiger partial charge in [0.25, 0.3) is 11.8 Å². The standard InChI is InChI=1S/C46H51ClFN7O5/c1-45(2)43(46(3,4)44(45)60-32-7-5-28(23-49)35(47)21-32)55-26-29-19-31(6-8-33(29)41(55)58)52-13-11-27(12-14-52)24-51-15-17-53(18-16-51)38-20-30-25-54(42(59)34(30)22-36(38)48)37-9-10-39(56)50-40(37)57/h5-8,19-22,27,37,43-44H,9-18,24-26H2,1-4H3,(H,50,56,57)/t37?,43-,44-. The molecule has 1 N–H and O–H groups in total. The van der Waals surface area contributed by atoms with Crippen LogP contribution in [0.4, 0.5) is 15.8 Å². The summed E-state index contributed by atoms with van der Waals surface area (Å²) in [6, 6.07) is 15.8. The number of halogens is 2. The predicted octanol–water partition coefficient (Wildman–Crippen LogP) is 5.99. The summed E-state index contributed by atoms with van der Waals surface area (Å²) in [5, 5.41) is 12.0. The Morgan fingerprint density at radius 1 is 0.817 bits per heavy atom. The maximum absolute atomic E-state index is 15.5. The van der Waals surface area contributed by atoms with Crippen LogP contribution in [-0.2, 0) is 22.7 Å². The molecule has 6 aliphatic rings. The third-order valence-corrected chi connectivity index (χ3v) is 14.4. The van der Waals surface area contributed by atoms with E-state index >= 15 is 4.39 Å². The number of benzene rings is 3. The molecule has 314 valence electrons. The van der Waals surface area contributed by atoms with Gasteiger partial charge in [-0.2, -0.15) is 5.26 Å². The fraction of sp³-hybridized carbons (Fsp3) is 0.500. The summed E-state index contributed by atoms with van der Waals surface area (Å²) in [5.41, 5.74) is 4.21. The number of nitrogens with zero attached hydrogens (tertiary/aromatic N) is 6. The summed E-state index contributed by atoms with van der Waals surface area (Å²) in [6.07, 6.45) is 2.41. The van der Waals surface area contributed by atoms with Gasteiger partial charge in [-0.1, -0.05) is 39.3 Å². The van der Waals surface area contributed by atoms with Crippen LogP contribution in [0.1, 0.15) is 90.8 Å². The maximum atomic E-state index is 15.5. The van der Waals surface area contributed by atoms with E-state index in [1.807, 2.05) is 11.0 Å². The number of piperazine rings is 1. The Morgan fingerprint density at radius 3 is 2.18 bits per heavy atom. The zero-order chi connectivity index (χ0) is 42.2. The number of nitriles is 1. The monoisotopic (exact) mass is 835 g/mol. The number of piperidine rings is 2. The van der Waals surface area contributed by atoms with Crippen LogP contribution in [0.3, 0.4) is 0 Å². The first-order valence-corrected chi connectivity index (χ1v) is 21.5. The lowest BCUT2D eigenvalue weighted by atomic mass is 9.49. The molecule has 12 nitrogen and oxygen atoms in total. The smallest absolute Gasteiger partial charge is 0.255 e. The molecule has 4 fully saturated rings. The number of carbonyl (C=O) groups excluding carboxylic acids is 4. The van der Waals surface area contributed by atoms with Crippen molar-refractivity contribution in [2.24, 2.45) is 16.7 Å². The summed E-state index contributed by atoms with van der Waals surface area (Å²) in [6.45, 7) is 15.3. The van der Waals surface area contributed by atoms with E-state index in [1.165, 1.54) is 11.0 Å². The van der Waals surface area contributed by atoms with Crippen LogP contribution in [0.2, 0.25) is 5.02 Å². The van der Waals surface area contributed by atoms with Crippen LogP contribution in [-0.4, -0.2) is 102 Å². The van der Waals surface area contributed by atoms with Crippen molar-refractivity contribution >= 4 is 46.6 Å². The Hall–Kier alpha value is -5.19. The summed E-state index contributed by atoms with van der Waals surface area (Å²) in [4.78, 5) is 61.7. The van der Waals surface area contributed by atoms with Crippen molar-refractivity contribution in [1.29, 1.82) is 5.26 Å². The second kappa shape index (κ2) is 15.1. The van der Waals surface area contributed by atoms with Crippen molar-refractivity contribution in [3.63, 3.8) is 0 Å². The number of ether oxygens (including phenoxy) is 1. The Balaban J connectivity index is 0.768. The Morgan fingerprint density at radius 2 is 1.50 bits per heavy atom. The van der Waals surface area contributed by atoms with Gasteiger partial charge < -0.3 is 24.3 Å². The first-order valence-electron chi connectivity index (χ1n) is 21.1. The highest BCUT2D eigenvalue weighted by Crippen LogP contribution is 2.59. The van der Waals surface area contributed by atoms with Crippen LogP contribution in [0, 0.1) is 33.9 Å². The molecule has 5 heterocycles. The number of carbonyl (C=O) groups is 4. The van der Waals surface area contributed by atoms with Crippen LogP contribution in [0.25, 0.3) is 0 Å². The molecule has 1 atom stereocenters. The molecule has 9 rings (SSSR count). The van der Waals surface area contributed by atoms with Gasteiger partial charge in [0.05, 0.1) is 16.3 Å². The minimum atomic E-state index is -0.729. The Bertz CT molecular complexity index is 2310. The molecule has 1 aliphatic carbocycles. The lowest BCUT2D eigenvalue weighted by molar-refractivity contribution is -0.199. The average Bonchev–Trinajstić information content (AvgIpc) is 3.70. The van der Waals surface area contributed by atoms with Crippen molar-refractivity contribution in [2.75, 3.05) is 55.6 Å². The molecule has 1 saturated carbocycles. The van der Waals surface area contributed by atoms with Crippen LogP contribution < -0.4 is 19.9 Å². The van der Waals surface area contributed by atoms with Gasteiger partial charge in [-0.25, -0.2) is 4.39 Å². The number of amides is 4. The van der Waals surface area contributed by atoms with E-state index in [0.717, 1.165) is 62.4 Å². The molecule has 0 spiro atoms. The van der Waals surface area contributed by atoms with Gasteiger partial charge in [0, 0.05) is 105 Å². The fourth-order valence-electron chi connectivity index (χ4n) is 11.5. The molecular weight excluding hydrogens is 785 g/mol. The van der Waals surface area contributed by atoms with Gasteiger partial charge >= 0.3 is 0 Å². The van der Waals surface area contributed by atoms with E-state index in [4.69, 9.17) is 16.3 Å². The van der Waals surface area contributed by atoms with E-state index in [1.54, 1.807) is 24.3 Å². The minimum absolute atomic E-state index is 0.0410. The molecule has 0 aromatic heterocycles. The lowest BCUT2D eigenvalue weighted by Crippen LogP contribution is -2.74. The number of anilines is 2. The van der Waals surface area contributed by atoms with Crippen LogP contribution in [0.15, 0.2) is 48.5 Å². The molecule has 0 radical (unpaired) electrons. The highest BCUT2D eigenvalue weighted by atomic mass is 35.5. The summed E-state index contributed by atoms with van der Waals surface area (Å²) in [7, 11) is 0. The fourth-order valence-corrected chi connectivity index (χ4v) is 11.7. The Kier molecular flexibility index (Phi) is 10.1. The SMILES string of the molecule is CC1(C)[C@H](Oc2ccc(C#N)c(Cl)c2)C(C)(C)[C@H]1N1Cc2cc(N3CCC(CN4CCN(c5cc6c(cc5F)C(=O)N(C5CCC(=O)NC5=O)C6)CC4)CC3)ccc2C1=O. The van der Waals surface area contributed by atoms with Crippen molar-refractivity contribution in [3.05, 3.63) is 87.2 Å². The number of nitrogens with one attached hydrogen (secondary N) is 1. The van der Waals surface area contributed by atoms with E-state index in [9.17, 15) is 24.4 Å². The van der Waals surface area contributed by atoms with Gasteiger partial charge in [-0.15, -0.1) is 0 Å². The Labute approximate surface area is 355 Å². The third-order valence-electron chi connectivity index (χ3n) is 14.1. The molecule has 4 amide bonds. The van der Waals surface area contributed by atoms with E-state index in [2.05, 4.69) is 65.9 Å². The maximum Gasteiger partial charge on any atom is 0.255 e. The number of hydrogen-bond acceptors (Lipinski definition) is 9.